The second-order valence-corrected chi connectivity index (χ2v) is 5.53. The van der Waals surface area contributed by atoms with Crippen LogP contribution in [0.3, 0.4) is 0 Å². The Morgan fingerprint density at radius 2 is 1.04 bits per heavy atom. The monoisotopic (exact) mass is 318 g/mol. The summed E-state index contributed by atoms with van der Waals surface area (Å²) in [4.78, 5) is 0. The first-order chi connectivity index (χ1) is 11.9. The molecular weight excluding hydrogens is 300 g/mol. The number of para-hydroxylation sites is 2. The molecule has 2 heterocycles. The van der Waals surface area contributed by atoms with Gasteiger partial charge in [-0.1, -0.05) is 45.8 Å². The zero-order valence-electron chi connectivity index (χ0n) is 13.2. The molecule has 2 aromatic carbocycles. The van der Waals surface area contributed by atoms with Crippen LogP contribution in [-0.4, -0.2) is 19.6 Å². The third-order valence-corrected chi connectivity index (χ3v) is 3.82. The van der Waals surface area contributed by atoms with Gasteiger partial charge in [-0.2, -0.15) is 0 Å². The summed E-state index contributed by atoms with van der Waals surface area (Å²) < 4.78 is 7.88. The van der Waals surface area contributed by atoms with E-state index in [9.17, 15) is 0 Å². The van der Waals surface area contributed by atoms with Crippen LogP contribution in [0, 0.1) is 0 Å². The molecule has 0 aliphatic carbocycles. The number of aryl methyl sites for hydroxylation is 2. The molecule has 0 bridgehead atoms. The molecule has 0 saturated heterocycles. The normalized spacial score (nSPS) is 10.8. The molecule has 24 heavy (non-hydrogen) atoms. The molecule has 2 aromatic heterocycles. The Labute approximate surface area is 139 Å². The number of nitrogens with zero attached hydrogens (tertiary/aromatic N) is 6. The largest absolute Gasteiger partial charge is 0.265 e. The summed E-state index contributed by atoms with van der Waals surface area (Å²) in [5.74, 6) is 0. The summed E-state index contributed by atoms with van der Waals surface area (Å²) in [6.45, 7) is 1.66. The molecule has 0 unspecified atom stereocenters. The molecular formula is C18H18N6+2. The number of aromatic nitrogens is 6. The molecule has 0 radical (unpaired) electrons. The minimum Gasteiger partial charge on any atom is -0.233 e. The molecule has 0 spiro atoms. The van der Waals surface area contributed by atoms with Gasteiger partial charge in [-0.3, -0.25) is 0 Å². The van der Waals surface area contributed by atoms with Gasteiger partial charge in [0.05, 0.1) is 0 Å². The quantitative estimate of drug-likeness (QED) is 0.521. The minimum atomic E-state index is 0.831. The maximum Gasteiger partial charge on any atom is 0.265 e. The Kier molecular flexibility index (Phi) is 3.85. The van der Waals surface area contributed by atoms with E-state index in [0.717, 1.165) is 24.5 Å². The van der Waals surface area contributed by atoms with Crippen molar-refractivity contribution >= 4 is 0 Å². The van der Waals surface area contributed by atoms with Gasteiger partial charge >= 0.3 is 0 Å². The van der Waals surface area contributed by atoms with Gasteiger partial charge in [0.2, 0.25) is 12.7 Å². The van der Waals surface area contributed by atoms with E-state index in [1.807, 2.05) is 95.3 Å². The molecule has 0 aliphatic rings. The smallest absolute Gasteiger partial charge is 0.233 e. The summed E-state index contributed by atoms with van der Waals surface area (Å²) in [6, 6.07) is 20.2. The molecule has 6 nitrogen and oxygen atoms in total. The predicted octanol–water partition coefficient (Wildman–Crippen LogP) is 1.33. The van der Waals surface area contributed by atoms with Gasteiger partial charge in [-0.05, 0) is 24.3 Å². The van der Waals surface area contributed by atoms with Crippen molar-refractivity contribution < 1.29 is 9.13 Å². The fourth-order valence-electron chi connectivity index (χ4n) is 2.53. The highest BCUT2D eigenvalue weighted by atomic mass is 15.4. The van der Waals surface area contributed by atoms with E-state index in [1.165, 1.54) is 0 Å². The maximum atomic E-state index is 4.40. The van der Waals surface area contributed by atoms with Crippen molar-refractivity contribution in [1.82, 2.24) is 19.6 Å². The van der Waals surface area contributed by atoms with Crippen LogP contribution in [0.2, 0.25) is 0 Å². The molecule has 0 amide bonds. The van der Waals surface area contributed by atoms with E-state index in [1.54, 1.807) is 0 Å². The third-order valence-electron chi connectivity index (χ3n) is 3.82. The Balaban J connectivity index is 1.43. The summed E-state index contributed by atoms with van der Waals surface area (Å²) in [5.41, 5.74) is 2.11. The van der Waals surface area contributed by atoms with Crippen molar-refractivity contribution in [2.45, 2.75) is 13.1 Å². The van der Waals surface area contributed by atoms with Crippen molar-refractivity contribution in [3.05, 3.63) is 86.0 Å². The summed E-state index contributed by atoms with van der Waals surface area (Å²) in [6.07, 6.45) is 7.68. The van der Waals surface area contributed by atoms with E-state index in [4.69, 9.17) is 0 Å². The first kappa shape index (κ1) is 14.3. The van der Waals surface area contributed by atoms with Crippen LogP contribution in [0.15, 0.2) is 86.0 Å². The second kappa shape index (κ2) is 6.45. The molecule has 0 atom stereocenters. The molecule has 4 aromatic rings. The lowest BCUT2D eigenvalue weighted by atomic mass is 10.3. The van der Waals surface area contributed by atoms with Gasteiger partial charge in [0, 0.05) is 10.2 Å². The van der Waals surface area contributed by atoms with Crippen LogP contribution in [0.5, 0.6) is 0 Å². The highest BCUT2D eigenvalue weighted by Gasteiger charge is 2.11. The Morgan fingerprint density at radius 1 is 0.625 bits per heavy atom. The molecule has 0 N–H and O–H groups in total. The molecule has 0 fully saturated rings. The highest BCUT2D eigenvalue weighted by molar-refractivity contribution is 5.29. The van der Waals surface area contributed by atoms with Crippen molar-refractivity contribution in [3.63, 3.8) is 0 Å². The van der Waals surface area contributed by atoms with E-state index in [-0.39, 0.29) is 0 Å². The van der Waals surface area contributed by atoms with Gasteiger partial charge in [-0.15, -0.1) is 0 Å². The number of rotatable bonds is 5. The average molecular weight is 318 g/mol. The van der Waals surface area contributed by atoms with Crippen molar-refractivity contribution in [2.75, 3.05) is 0 Å². The van der Waals surface area contributed by atoms with Gasteiger partial charge in [0.15, 0.2) is 0 Å². The van der Waals surface area contributed by atoms with Crippen molar-refractivity contribution in [2.24, 2.45) is 0 Å². The minimum absolute atomic E-state index is 0.831. The fraction of sp³-hybridized carbons (Fsp3) is 0.111. The van der Waals surface area contributed by atoms with Crippen LogP contribution in [0.1, 0.15) is 0 Å². The number of benzene rings is 2. The average Bonchev–Trinajstić information content (AvgIpc) is 3.31. The standard InChI is InChI=1S/C18H18N6/c1-3-7-17(8-4-1)23-15-21(13-19-23)11-12-22-14-20-24(16-22)18-9-5-2-6-10-18/h1-10,13-16H,11-12H2/q+2. The van der Waals surface area contributed by atoms with E-state index in [0.29, 0.717) is 0 Å². The lowest BCUT2D eigenvalue weighted by Crippen LogP contribution is -2.42. The summed E-state index contributed by atoms with van der Waals surface area (Å²) >= 11 is 0. The van der Waals surface area contributed by atoms with Gasteiger partial charge in [0.1, 0.15) is 24.5 Å². The highest BCUT2D eigenvalue weighted by Crippen LogP contribution is 2.03. The van der Waals surface area contributed by atoms with Gasteiger partial charge in [-0.25, -0.2) is 9.13 Å². The van der Waals surface area contributed by atoms with E-state index in [2.05, 4.69) is 19.3 Å². The molecule has 4 rings (SSSR count). The Morgan fingerprint density at radius 3 is 1.46 bits per heavy atom. The number of hydrogen-bond acceptors (Lipinski definition) is 2. The number of hydrogen-bond donors (Lipinski definition) is 0. The van der Waals surface area contributed by atoms with E-state index >= 15 is 0 Å². The van der Waals surface area contributed by atoms with Crippen molar-refractivity contribution in [3.8, 4) is 11.4 Å². The van der Waals surface area contributed by atoms with E-state index < -0.39 is 0 Å². The van der Waals surface area contributed by atoms with Crippen molar-refractivity contribution in [1.29, 1.82) is 0 Å². The van der Waals surface area contributed by atoms with Crippen LogP contribution in [0.25, 0.3) is 11.4 Å². The van der Waals surface area contributed by atoms with Crippen LogP contribution in [0.4, 0.5) is 0 Å². The van der Waals surface area contributed by atoms with Crippen LogP contribution < -0.4 is 9.13 Å². The Hall–Kier alpha value is -3.28. The molecule has 6 heteroatoms. The topological polar surface area (TPSA) is 43.4 Å². The summed E-state index contributed by atoms with van der Waals surface area (Å²) in [5, 5.41) is 8.80. The lowest BCUT2D eigenvalue weighted by Gasteiger charge is -1.95. The fourth-order valence-corrected chi connectivity index (χ4v) is 2.53. The third kappa shape index (κ3) is 3.08. The lowest BCUT2D eigenvalue weighted by molar-refractivity contribution is -0.778. The molecule has 118 valence electrons. The first-order valence-corrected chi connectivity index (χ1v) is 7.87. The zero-order valence-corrected chi connectivity index (χ0v) is 13.2. The second-order valence-electron chi connectivity index (χ2n) is 5.53. The molecule has 0 aliphatic heterocycles. The SMILES string of the molecule is c1ccc(-n2c[n+](CC[n+]3cnn(-c4ccccc4)c3)cn2)cc1. The maximum absolute atomic E-state index is 4.40. The Bertz CT molecular complexity index is 833. The molecule has 0 saturated carbocycles. The first-order valence-electron chi connectivity index (χ1n) is 7.87. The summed E-state index contributed by atoms with van der Waals surface area (Å²) in [7, 11) is 0. The predicted molar refractivity (Wildman–Crippen MR) is 87.5 cm³/mol. The van der Waals surface area contributed by atoms with Crippen LogP contribution in [-0.2, 0) is 13.1 Å². The van der Waals surface area contributed by atoms with Crippen LogP contribution >= 0.6 is 0 Å². The van der Waals surface area contributed by atoms with Gasteiger partial charge < -0.3 is 0 Å². The zero-order chi connectivity index (χ0) is 16.2. The van der Waals surface area contributed by atoms with Gasteiger partial charge in [0.25, 0.3) is 12.7 Å².